The number of rotatable bonds is 0. The minimum absolute atomic E-state index is 0.0947. The van der Waals surface area contributed by atoms with Gasteiger partial charge in [-0.3, -0.25) is 4.79 Å². The maximum Gasteiger partial charge on any atom is 0.140 e. The highest BCUT2D eigenvalue weighted by Crippen LogP contribution is 2.51. The van der Waals surface area contributed by atoms with Crippen molar-refractivity contribution in [3.63, 3.8) is 0 Å². The van der Waals surface area contributed by atoms with Crippen molar-refractivity contribution in [2.75, 3.05) is 0 Å². The topological polar surface area (TPSA) is 17.1 Å². The van der Waals surface area contributed by atoms with E-state index in [9.17, 15) is 4.79 Å². The van der Waals surface area contributed by atoms with Crippen LogP contribution in [0, 0.1) is 22.7 Å². The van der Waals surface area contributed by atoms with Crippen LogP contribution in [0.3, 0.4) is 0 Å². The summed E-state index contributed by atoms with van der Waals surface area (Å²) >= 11 is 0. The summed E-state index contributed by atoms with van der Waals surface area (Å²) < 4.78 is 0. The van der Waals surface area contributed by atoms with E-state index in [-0.39, 0.29) is 10.8 Å². The molecule has 2 aliphatic carbocycles. The summed E-state index contributed by atoms with van der Waals surface area (Å²) in [6, 6.07) is 0. The Balaban J connectivity index is 2.36. The quantitative estimate of drug-likeness (QED) is 0.564. The van der Waals surface area contributed by atoms with Crippen LogP contribution in [-0.2, 0) is 4.79 Å². The number of Topliss-reactive ketones (excluding diaryl/α,β-unsaturated/α-hetero) is 1. The van der Waals surface area contributed by atoms with Crippen molar-refractivity contribution in [2.45, 2.75) is 53.4 Å². The van der Waals surface area contributed by atoms with Gasteiger partial charge in [-0.2, -0.15) is 0 Å². The summed E-state index contributed by atoms with van der Waals surface area (Å²) in [7, 11) is 0. The number of hydrogen-bond acceptors (Lipinski definition) is 1. The van der Waals surface area contributed by atoms with Crippen LogP contribution in [0.25, 0.3) is 0 Å². The highest BCUT2D eigenvalue weighted by atomic mass is 16.1. The van der Waals surface area contributed by atoms with Gasteiger partial charge < -0.3 is 0 Å². The molecule has 0 aliphatic heterocycles. The molecule has 16 heavy (non-hydrogen) atoms. The molecular formula is C15H24O. The summed E-state index contributed by atoms with van der Waals surface area (Å²) in [5.74, 6) is 1.48. The summed E-state index contributed by atoms with van der Waals surface area (Å²) in [6.07, 6.45) is 8.79. The SMILES string of the molecule is C[C@@H]1C=CC[C@@H]2CCC(C)(C)CC(=O)[C@@]21C. The average Bonchev–Trinajstić information content (AvgIpc) is 2.27. The van der Waals surface area contributed by atoms with E-state index in [1.165, 1.54) is 12.8 Å². The summed E-state index contributed by atoms with van der Waals surface area (Å²) in [5.41, 5.74) is 0.111. The zero-order valence-electron chi connectivity index (χ0n) is 11.0. The molecule has 0 radical (unpaired) electrons. The molecule has 90 valence electrons. The molecule has 0 aromatic heterocycles. The fourth-order valence-electron chi connectivity index (χ4n) is 3.44. The van der Waals surface area contributed by atoms with Crippen molar-refractivity contribution < 1.29 is 4.79 Å². The van der Waals surface area contributed by atoms with Gasteiger partial charge in [-0.1, -0.05) is 39.8 Å². The molecule has 2 rings (SSSR count). The van der Waals surface area contributed by atoms with Crippen LogP contribution in [0.1, 0.15) is 53.4 Å². The van der Waals surface area contributed by atoms with E-state index in [4.69, 9.17) is 0 Å². The second-order valence-electron chi connectivity index (χ2n) is 6.73. The lowest BCUT2D eigenvalue weighted by Gasteiger charge is -2.41. The Morgan fingerprint density at radius 2 is 2.00 bits per heavy atom. The maximum atomic E-state index is 12.6. The van der Waals surface area contributed by atoms with Gasteiger partial charge in [0.25, 0.3) is 0 Å². The first-order chi connectivity index (χ1) is 7.36. The predicted molar refractivity (Wildman–Crippen MR) is 67.2 cm³/mol. The first-order valence-corrected chi connectivity index (χ1v) is 6.56. The first-order valence-electron chi connectivity index (χ1n) is 6.56. The van der Waals surface area contributed by atoms with Gasteiger partial charge in [-0.05, 0) is 36.5 Å². The van der Waals surface area contributed by atoms with Gasteiger partial charge in [0.05, 0.1) is 0 Å². The maximum absolute atomic E-state index is 12.6. The van der Waals surface area contributed by atoms with Gasteiger partial charge >= 0.3 is 0 Å². The summed E-state index contributed by atoms with van der Waals surface area (Å²) in [5, 5.41) is 0. The third kappa shape index (κ3) is 1.74. The van der Waals surface area contributed by atoms with Crippen molar-refractivity contribution in [1.29, 1.82) is 0 Å². The molecule has 1 saturated carbocycles. The van der Waals surface area contributed by atoms with E-state index >= 15 is 0 Å². The Hall–Kier alpha value is -0.590. The van der Waals surface area contributed by atoms with Gasteiger partial charge in [0.15, 0.2) is 0 Å². The molecule has 0 heterocycles. The standard InChI is InChI=1S/C15H24O/c1-11-6-5-7-12-8-9-14(2,3)10-13(16)15(11,12)4/h5-6,11-12H,7-10H2,1-4H3/t11-,12-,15-/m1/s1. The van der Waals surface area contributed by atoms with E-state index in [2.05, 4.69) is 39.8 Å². The Kier molecular flexibility index (Phi) is 2.76. The third-order valence-corrected chi connectivity index (χ3v) is 5.05. The number of fused-ring (bicyclic) bond motifs is 1. The van der Waals surface area contributed by atoms with Gasteiger partial charge in [-0.15, -0.1) is 0 Å². The highest BCUT2D eigenvalue weighted by molar-refractivity contribution is 5.86. The Morgan fingerprint density at radius 1 is 1.31 bits per heavy atom. The molecule has 1 heteroatoms. The van der Waals surface area contributed by atoms with Crippen LogP contribution < -0.4 is 0 Å². The predicted octanol–water partition coefficient (Wildman–Crippen LogP) is 3.98. The summed E-state index contributed by atoms with van der Waals surface area (Å²) in [6.45, 7) is 8.89. The van der Waals surface area contributed by atoms with Crippen molar-refractivity contribution in [1.82, 2.24) is 0 Å². The van der Waals surface area contributed by atoms with Crippen LogP contribution in [0.4, 0.5) is 0 Å². The Bertz CT molecular complexity index is 326. The Labute approximate surface area is 99.3 Å². The number of carbonyl (C=O) groups is 1. The zero-order chi connectivity index (χ0) is 12.0. The smallest absolute Gasteiger partial charge is 0.140 e. The molecule has 1 nitrogen and oxygen atoms in total. The summed E-state index contributed by atoms with van der Waals surface area (Å²) in [4.78, 5) is 12.6. The third-order valence-electron chi connectivity index (χ3n) is 5.05. The number of hydrogen-bond donors (Lipinski definition) is 0. The number of carbonyl (C=O) groups excluding carboxylic acids is 1. The first kappa shape index (κ1) is 11.9. The Morgan fingerprint density at radius 3 is 2.69 bits per heavy atom. The van der Waals surface area contributed by atoms with Crippen molar-refractivity contribution in [3.8, 4) is 0 Å². The molecule has 0 amide bonds. The molecule has 0 bridgehead atoms. The normalized spacial score (nSPS) is 42.6. The molecule has 2 aliphatic rings. The number of ketones is 1. The fourth-order valence-corrected chi connectivity index (χ4v) is 3.44. The lowest BCUT2D eigenvalue weighted by Crippen LogP contribution is -2.41. The molecule has 0 spiro atoms. The molecule has 1 fully saturated rings. The van der Waals surface area contributed by atoms with Crippen molar-refractivity contribution >= 4 is 5.78 Å². The van der Waals surface area contributed by atoms with Crippen LogP contribution in [-0.4, -0.2) is 5.78 Å². The lowest BCUT2D eigenvalue weighted by molar-refractivity contribution is -0.134. The molecule has 0 aromatic carbocycles. The van der Waals surface area contributed by atoms with E-state index in [1.54, 1.807) is 0 Å². The van der Waals surface area contributed by atoms with Crippen LogP contribution in [0.15, 0.2) is 12.2 Å². The largest absolute Gasteiger partial charge is 0.299 e. The molecular weight excluding hydrogens is 196 g/mol. The average molecular weight is 220 g/mol. The second-order valence-corrected chi connectivity index (χ2v) is 6.73. The molecule has 0 unspecified atom stereocenters. The van der Waals surface area contributed by atoms with E-state index < -0.39 is 0 Å². The minimum atomic E-state index is -0.0947. The lowest BCUT2D eigenvalue weighted by atomic mass is 9.61. The molecule has 0 saturated heterocycles. The zero-order valence-corrected chi connectivity index (χ0v) is 11.0. The molecule has 3 atom stereocenters. The van der Waals surface area contributed by atoms with Gasteiger partial charge in [-0.25, -0.2) is 0 Å². The molecule has 0 aromatic rings. The van der Waals surface area contributed by atoms with Crippen molar-refractivity contribution in [2.24, 2.45) is 22.7 Å². The van der Waals surface area contributed by atoms with Gasteiger partial charge in [0.2, 0.25) is 0 Å². The van der Waals surface area contributed by atoms with Crippen LogP contribution in [0.2, 0.25) is 0 Å². The molecule has 0 N–H and O–H groups in total. The van der Waals surface area contributed by atoms with E-state index in [0.29, 0.717) is 17.6 Å². The highest BCUT2D eigenvalue weighted by Gasteiger charge is 2.48. The van der Waals surface area contributed by atoms with Crippen molar-refractivity contribution in [3.05, 3.63) is 12.2 Å². The number of allylic oxidation sites excluding steroid dienone is 2. The van der Waals surface area contributed by atoms with Gasteiger partial charge in [0.1, 0.15) is 5.78 Å². The fraction of sp³-hybridized carbons (Fsp3) is 0.800. The van der Waals surface area contributed by atoms with Crippen LogP contribution in [0.5, 0.6) is 0 Å². The monoisotopic (exact) mass is 220 g/mol. The minimum Gasteiger partial charge on any atom is -0.299 e. The second kappa shape index (κ2) is 3.72. The van der Waals surface area contributed by atoms with E-state index in [1.807, 2.05) is 0 Å². The van der Waals surface area contributed by atoms with Gasteiger partial charge in [0, 0.05) is 11.8 Å². The van der Waals surface area contributed by atoms with E-state index in [0.717, 1.165) is 12.8 Å². The van der Waals surface area contributed by atoms with Crippen LogP contribution >= 0.6 is 0 Å².